The van der Waals surface area contributed by atoms with Crippen molar-refractivity contribution in [3.05, 3.63) is 11.6 Å². The van der Waals surface area contributed by atoms with E-state index < -0.39 is 5.97 Å². The van der Waals surface area contributed by atoms with Gasteiger partial charge < -0.3 is 5.11 Å². The van der Waals surface area contributed by atoms with Gasteiger partial charge in [-0.3, -0.25) is 4.79 Å². The first-order valence-corrected chi connectivity index (χ1v) is 5.10. The number of rotatable bonds is 7. The van der Waals surface area contributed by atoms with Crippen LogP contribution in [0.5, 0.6) is 0 Å². The van der Waals surface area contributed by atoms with Crippen molar-refractivity contribution in [3.63, 3.8) is 0 Å². The molecule has 2 heteroatoms. The van der Waals surface area contributed by atoms with Crippen molar-refractivity contribution >= 4 is 5.97 Å². The predicted molar refractivity (Wildman–Crippen MR) is 54.8 cm³/mol. The molecule has 0 bridgehead atoms. The van der Waals surface area contributed by atoms with Crippen LogP contribution in [0.1, 0.15) is 52.4 Å². The highest BCUT2D eigenvalue weighted by atomic mass is 16.4. The highest BCUT2D eigenvalue weighted by Gasteiger charge is 1.95. The van der Waals surface area contributed by atoms with Crippen molar-refractivity contribution in [3.8, 4) is 0 Å². The molecule has 0 saturated heterocycles. The van der Waals surface area contributed by atoms with Gasteiger partial charge in [0.25, 0.3) is 0 Å². The summed E-state index contributed by atoms with van der Waals surface area (Å²) in [5, 5.41) is 8.42. The zero-order valence-electron chi connectivity index (χ0n) is 8.68. The first-order valence-electron chi connectivity index (χ1n) is 5.10. The van der Waals surface area contributed by atoms with E-state index in [9.17, 15) is 4.79 Å². The van der Waals surface area contributed by atoms with Crippen LogP contribution < -0.4 is 0 Å². The first kappa shape index (κ1) is 12.2. The van der Waals surface area contributed by atoms with E-state index in [-0.39, 0.29) is 0 Å². The molecule has 0 fully saturated rings. The Hall–Kier alpha value is -0.790. The molecule has 0 radical (unpaired) electrons. The fourth-order valence-corrected chi connectivity index (χ4v) is 1.30. The molecule has 0 aromatic heterocycles. The molecule has 0 saturated carbocycles. The third-order valence-electron chi connectivity index (χ3n) is 2.05. The first-order chi connectivity index (χ1) is 6.20. The van der Waals surface area contributed by atoms with Gasteiger partial charge in [-0.15, -0.1) is 0 Å². The molecule has 0 aliphatic rings. The SMILES string of the molecule is CCCC(=CCCCC(=O)O)CC. The van der Waals surface area contributed by atoms with Gasteiger partial charge >= 0.3 is 5.97 Å². The largest absolute Gasteiger partial charge is 0.481 e. The molecule has 13 heavy (non-hydrogen) atoms. The van der Waals surface area contributed by atoms with Gasteiger partial charge in [-0.05, 0) is 25.7 Å². The molecule has 0 rings (SSSR count). The second-order valence-electron chi connectivity index (χ2n) is 3.25. The standard InChI is InChI=1S/C11H20O2/c1-3-7-10(4-2)8-5-6-9-11(12)13/h8H,3-7,9H2,1-2H3,(H,12,13). The van der Waals surface area contributed by atoms with Crippen molar-refractivity contribution in [1.29, 1.82) is 0 Å². The van der Waals surface area contributed by atoms with Crippen molar-refractivity contribution in [2.75, 3.05) is 0 Å². The van der Waals surface area contributed by atoms with E-state index in [0.717, 1.165) is 25.7 Å². The van der Waals surface area contributed by atoms with Crippen molar-refractivity contribution < 1.29 is 9.90 Å². The average molecular weight is 184 g/mol. The summed E-state index contributed by atoms with van der Waals surface area (Å²) in [5.41, 5.74) is 1.47. The van der Waals surface area contributed by atoms with E-state index in [4.69, 9.17) is 5.11 Å². The molecule has 0 aromatic carbocycles. The lowest BCUT2D eigenvalue weighted by molar-refractivity contribution is -0.137. The smallest absolute Gasteiger partial charge is 0.303 e. The Morgan fingerprint density at radius 3 is 2.46 bits per heavy atom. The highest BCUT2D eigenvalue weighted by Crippen LogP contribution is 2.11. The molecule has 0 spiro atoms. The number of aliphatic carboxylic acids is 1. The van der Waals surface area contributed by atoms with Crippen molar-refractivity contribution in [1.82, 2.24) is 0 Å². The minimum absolute atomic E-state index is 0.291. The summed E-state index contributed by atoms with van der Waals surface area (Å²) in [6.45, 7) is 4.32. The van der Waals surface area contributed by atoms with E-state index in [1.807, 2.05) is 0 Å². The molecule has 76 valence electrons. The normalized spacial score (nSPS) is 11.7. The molecule has 0 unspecified atom stereocenters. The fraction of sp³-hybridized carbons (Fsp3) is 0.727. The molecule has 0 amide bonds. The monoisotopic (exact) mass is 184 g/mol. The summed E-state index contributed by atoms with van der Waals surface area (Å²) in [6.07, 6.45) is 7.60. The molecule has 0 heterocycles. The Kier molecular flexibility index (Phi) is 7.36. The quantitative estimate of drug-likeness (QED) is 0.486. The molecule has 1 N–H and O–H groups in total. The van der Waals surface area contributed by atoms with Gasteiger partial charge in [-0.25, -0.2) is 0 Å². The van der Waals surface area contributed by atoms with Gasteiger partial charge in [0.2, 0.25) is 0 Å². The number of allylic oxidation sites excluding steroid dienone is 2. The Morgan fingerprint density at radius 1 is 1.31 bits per heavy atom. The molecule has 0 aliphatic heterocycles. The number of carbonyl (C=O) groups is 1. The topological polar surface area (TPSA) is 37.3 Å². The summed E-state index contributed by atoms with van der Waals surface area (Å²) in [4.78, 5) is 10.2. The Labute approximate surface area is 80.7 Å². The second kappa shape index (κ2) is 7.84. The van der Waals surface area contributed by atoms with E-state index >= 15 is 0 Å². The summed E-state index contributed by atoms with van der Waals surface area (Å²) < 4.78 is 0. The van der Waals surface area contributed by atoms with Gasteiger partial charge in [0.1, 0.15) is 0 Å². The lowest BCUT2D eigenvalue weighted by Crippen LogP contribution is -1.93. The molecular weight excluding hydrogens is 164 g/mol. The van der Waals surface area contributed by atoms with Crippen LogP contribution in [0, 0.1) is 0 Å². The summed E-state index contributed by atoms with van der Waals surface area (Å²) in [6, 6.07) is 0. The number of carboxylic acids is 1. The van der Waals surface area contributed by atoms with Crippen LogP contribution in [0.2, 0.25) is 0 Å². The molecule has 0 atom stereocenters. The van der Waals surface area contributed by atoms with Crippen molar-refractivity contribution in [2.24, 2.45) is 0 Å². The fourth-order valence-electron chi connectivity index (χ4n) is 1.30. The summed E-state index contributed by atoms with van der Waals surface area (Å²) in [7, 11) is 0. The number of hydrogen-bond acceptors (Lipinski definition) is 1. The number of hydrogen-bond donors (Lipinski definition) is 1. The number of carboxylic acid groups (broad SMARTS) is 1. The van der Waals surface area contributed by atoms with Crippen LogP contribution in [-0.2, 0) is 4.79 Å². The lowest BCUT2D eigenvalue weighted by atomic mass is 10.1. The van der Waals surface area contributed by atoms with Crippen LogP contribution in [0.25, 0.3) is 0 Å². The van der Waals surface area contributed by atoms with Crippen LogP contribution in [-0.4, -0.2) is 11.1 Å². The lowest BCUT2D eigenvalue weighted by Gasteiger charge is -2.01. The summed E-state index contributed by atoms with van der Waals surface area (Å²) in [5.74, 6) is -0.693. The van der Waals surface area contributed by atoms with Gasteiger partial charge in [0.05, 0.1) is 0 Å². The predicted octanol–water partition coefficient (Wildman–Crippen LogP) is 3.38. The van der Waals surface area contributed by atoms with E-state index in [2.05, 4.69) is 19.9 Å². The average Bonchev–Trinajstić information content (AvgIpc) is 2.10. The minimum Gasteiger partial charge on any atom is -0.481 e. The maximum Gasteiger partial charge on any atom is 0.303 e. The van der Waals surface area contributed by atoms with Crippen LogP contribution >= 0.6 is 0 Å². The van der Waals surface area contributed by atoms with E-state index in [0.29, 0.717) is 6.42 Å². The molecule has 2 nitrogen and oxygen atoms in total. The van der Waals surface area contributed by atoms with Gasteiger partial charge in [-0.2, -0.15) is 0 Å². The Morgan fingerprint density at radius 2 is 2.00 bits per heavy atom. The van der Waals surface area contributed by atoms with Gasteiger partial charge in [0, 0.05) is 6.42 Å². The minimum atomic E-state index is -0.693. The number of unbranched alkanes of at least 4 members (excludes halogenated alkanes) is 1. The maximum absolute atomic E-state index is 10.2. The van der Waals surface area contributed by atoms with Gasteiger partial charge in [0.15, 0.2) is 0 Å². The summed E-state index contributed by atoms with van der Waals surface area (Å²) >= 11 is 0. The third-order valence-corrected chi connectivity index (χ3v) is 2.05. The second-order valence-corrected chi connectivity index (χ2v) is 3.25. The van der Waals surface area contributed by atoms with Crippen molar-refractivity contribution in [2.45, 2.75) is 52.4 Å². The van der Waals surface area contributed by atoms with E-state index in [1.165, 1.54) is 12.0 Å². The molecule has 0 aliphatic carbocycles. The zero-order valence-corrected chi connectivity index (χ0v) is 8.68. The maximum atomic E-state index is 10.2. The van der Waals surface area contributed by atoms with Crippen LogP contribution in [0.15, 0.2) is 11.6 Å². The van der Waals surface area contributed by atoms with E-state index in [1.54, 1.807) is 0 Å². The van der Waals surface area contributed by atoms with Crippen LogP contribution in [0.4, 0.5) is 0 Å². The van der Waals surface area contributed by atoms with Crippen LogP contribution in [0.3, 0.4) is 0 Å². The Bertz CT molecular complexity index is 171. The Balaban J connectivity index is 3.60. The highest BCUT2D eigenvalue weighted by molar-refractivity contribution is 5.66. The molecule has 0 aromatic rings. The zero-order chi connectivity index (χ0) is 10.1. The molecular formula is C11H20O2. The third kappa shape index (κ3) is 7.57. The van der Waals surface area contributed by atoms with Gasteiger partial charge in [-0.1, -0.05) is 31.9 Å².